The highest BCUT2D eigenvalue weighted by Crippen LogP contribution is 2.32. The average Bonchev–Trinajstić information content (AvgIpc) is 3.03. The van der Waals surface area contributed by atoms with Crippen molar-refractivity contribution >= 4 is 11.8 Å². The van der Waals surface area contributed by atoms with E-state index >= 15 is 0 Å². The maximum atomic E-state index is 13.2. The van der Waals surface area contributed by atoms with Crippen LogP contribution in [0.5, 0.6) is 11.5 Å². The van der Waals surface area contributed by atoms with E-state index in [0.717, 1.165) is 18.6 Å². The zero-order valence-electron chi connectivity index (χ0n) is 17.3. The predicted molar refractivity (Wildman–Crippen MR) is 110 cm³/mol. The van der Waals surface area contributed by atoms with Gasteiger partial charge >= 0.3 is 6.18 Å². The number of likely N-dealkylation sites (tertiary alicyclic amines) is 1. The maximum absolute atomic E-state index is 13.2. The fraction of sp³-hybridized carbons (Fsp3) is 0.391. The van der Waals surface area contributed by atoms with E-state index in [1.165, 1.54) is 12.1 Å². The van der Waals surface area contributed by atoms with Crippen LogP contribution < -0.4 is 14.8 Å². The van der Waals surface area contributed by atoms with Gasteiger partial charge in [0, 0.05) is 31.5 Å². The van der Waals surface area contributed by atoms with Crippen molar-refractivity contribution in [3.05, 3.63) is 59.2 Å². The number of carbonyl (C=O) groups is 2. The summed E-state index contributed by atoms with van der Waals surface area (Å²) in [4.78, 5) is 26.7. The van der Waals surface area contributed by atoms with Gasteiger partial charge in [-0.25, -0.2) is 0 Å². The molecule has 2 aromatic carbocycles. The van der Waals surface area contributed by atoms with E-state index in [1.54, 1.807) is 23.1 Å². The number of carbonyl (C=O) groups excluding carboxylic acids is 2. The van der Waals surface area contributed by atoms with Crippen LogP contribution in [0.1, 0.15) is 46.8 Å². The highest BCUT2D eigenvalue weighted by atomic mass is 19.4. The van der Waals surface area contributed by atoms with Crippen LogP contribution in [-0.4, -0.2) is 43.0 Å². The first kappa shape index (κ1) is 22.0. The number of fused-ring (bicyclic) bond motifs is 1. The Kier molecular flexibility index (Phi) is 6.25. The molecular weight excluding hydrogens is 425 g/mol. The minimum atomic E-state index is -4.51. The third-order valence-electron chi connectivity index (χ3n) is 5.51. The summed E-state index contributed by atoms with van der Waals surface area (Å²) in [5, 5.41) is 2.80. The number of benzene rings is 2. The first-order valence-electron chi connectivity index (χ1n) is 10.5. The van der Waals surface area contributed by atoms with Crippen molar-refractivity contribution in [1.82, 2.24) is 10.2 Å². The van der Waals surface area contributed by atoms with Crippen molar-refractivity contribution in [2.45, 2.75) is 31.5 Å². The number of nitrogens with one attached hydrogen (secondary N) is 1. The van der Waals surface area contributed by atoms with Gasteiger partial charge in [0.05, 0.1) is 24.8 Å². The Morgan fingerprint density at radius 2 is 1.84 bits per heavy atom. The average molecular weight is 448 g/mol. The second-order valence-corrected chi connectivity index (χ2v) is 7.80. The second-order valence-electron chi connectivity index (χ2n) is 7.80. The molecule has 0 bridgehead atoms. The molecule has 0 saturated carbocycles. The number of nitrogens with zero attached hydrogens (tertiary/aromatic N) is 1. The Balaban J connectivity index is 1.59. The van der Waals surface area contributed by atoms with Crippen LogP contribution in [0, 0.1) is 0 Å². The lowest BCUT2D eigenvalue weighted by Crippen LogP contribution is -2.38. The van der Waals surface area contributed by atoms with Gasteiger partial charge in [0.1, 0.15) is 0 Å². The summed E-state index contributed by atoms with van der Waals surface area (Å²) in [6.07, 6.45) is -2.71. The molecule has 4 rings (SSSR count). The Hall–Kier alpha value is -3.23. The molecule has 2 aliphatic heterocycles. The molecule has 1 N–H and O–H groups in total. The standard InChI is InChI=1S/C23H23F3N2O4/c24-23(25,26)17-5-1-4-15(12-17)18(14-28-9-2-6-21(28)29)27-22(30)16-7-8-19-20(13-16)32-11-3-10-31-19/h1,4-5,7-8,12-13,18H,2-3,6,9-11,14H2,(H,27,30)/t18-/m1/s1. The summed E-state index contributed by atoms with van der Waals surface area (Å²) < 4.78 is 50.9. The monoisotopic (exact) mass is 448 g/mol. The normalized spacial score (nSPS) is 17.1. The summed E-state index contributed by atoms with van der Waals surface area (Å²) in [5.74, 6) is 0.429. The lowest BCUT2D eigenvalue weighted by atomic mass is 10.0. The molecule has 2 aliphatic rings. The van der Waals surface area contributed by atoms with Gasteiger partial charge in [-0.3, -0.25) is 9.59 Å². The lowest BCUT2D eigenvalue weighted by molar-refractivity contribution is -0.137. The molecule has 1 atom stereocenters. The summed E-state index contributed by atoms with van der Waals surface area (Å²) in [7, 11) is 0. The molecule has 0 unspecified atom stereocenters. The zero-order valence-corrected chi connectivity index (χ0v) is 17.3. The van der Waals surface area contributed by atoms with Crippen molar-refractivity contribution in [2.24, 2.45) is 0 Å². The summed E-state index contributed by atoms with van der Waals surface area (Å²) in [5.41, 5.74) is -0.237. The van der Waals surface area contributed by atoms with Crippen LogP contribution in [0.2, 0.25) is 0 Å². The molecule has 0 spiro atoms. The quantitative estimate of drug-likeness (QED) is 0.752. The van der Waals surface area contributed by atoms with Crippen molar-refractivity contribution in [2.75, 3.05) is 26.3 Å². The van der Waals surface area contributed by atoms with E-state index in [1.807, 2.05) is 0 Å². The molecule has 2 aromatic rings. The predicted octanol–water partition coefficient (Wildman–Crippen LogP) is 3.96. The number of hydrogen-bond acceptors (Lipinski definition) is 4. The molecule has 32 heavy (non-hydrogen) atoms. The highest BCUT2D eigenvalue weighted by Gasteiger charge is 2.32. The number of amides is 2. The van der Waals surface area contributed by atoms with E-state index in [2.05, 4.69) is 5.32 Å². The molecule has 9 heteroatoms. The zero-order chi connectivity index (χ0) is 22.7. The summed E-state index contributed by atoms with van der Waals surface area (Å²) in [6, 6.07) is 8.78. The lowest BCUT2D eigenvalue weighted by Gasteiger charge is -2.26. The van der Waals surface area contributed by atoms with E-state index in [9.17, 15) is 22.8 Å². The van der Waals surface area contributed by atoms with Crippen LogP contribution in [0.15, 0.2) is 42.5 Å². The number of rotatable bonds is 5. The van der Waals surface area contributed by atoms with Crippen LogP contribution in [0.4, 0.5) is 13.2 Å². The van der Waals surface area contributed by atoms with Crippen molar-refractivity contribution in [3.63, 3.8) is 0 Å². The van der Waals surface area contributed by atoms with Gasteiger partial charge in [-0.05, 0) is 42.3 Å². The molecule has 1 saturated heterocycles. The van der Waals surface area contributed by atoms with E-state index in [-0.39, 0.29) is 18.0 Å². The van der Waals surface area contributed by atoms with Gasteiger partial charge in [-0.2, -0.15) is 13.2 Å². The van der Waals surface area contributed by atoms with E-state index < -0.39 is 23.7 Å². The van der Waals surface area contributed by atoms with Crippen LogP contribution in [-0.2, 0) is 11.0 Å². The first-order chi connectivity index (χ1) is 15.3. The Morgan fingerprint density at radius 3 is 2.56 bits per heavy atom. The van der Waals surface area contributed by atoms with Crippen LogP contribution >= 0.6 is 0 Å². The molecule has 0 radical (unpaired) electrons. The van der Waals surface area contributed by atoms with Crippen molar-refractivity contribution in [3.8, 4) is 11.5 Å². The first-order valence-corrected chi connectivity index (χ1v) is 10.5. The van der Waals surface area contributed by atoms with Gasteiger partial charge in [0.25, 0.3) is 5.91 Å². The van der Waals surface area contributed by atoms with Gasteiger partial charge in [-0.1, -0.05) is 12.1 Å². The van der Waals surface area contributed by atoms with Gasteiger partial charge in [0.2, 0.25) is 5.91 Å². The van der Waals surface area contributed by atoms with E-state index in [4.69, 9.17) is 9.47 Å². The minimum absolute atomic E-state index is 0.0770. The number of hydrogen-bond donors (Lipinski definition) is 1. The smallest absolute Gasteiger partial charge is 0.416 e. The van der Waals surface area contributed by atoms with Gasteiger partial charge < -0.3 is 19.7 Å². The Bertz CT molecular complexity index is 1010. The Labute approximate surface area is 183 Å². The minimum Gasteiger partial charge on any atom is -0.490 e. The molecule has 6 nitrogen and oxygen atoms in total. The van der Waals surface area contributed by atoms with E-state index in [0.29, 0.717) is 49.7 Å². The molecule has 1 fully saturated rings. The highest BCUT2D eigenvalue weighted by molar-refractivity contribution is 5.95. The largest absolute Gasteiger partial charge is 0.490 e. The van der Waals surface area contributed by atoms with Gasteiger partial charge in [-0.15, -0.1) is 0 Å². The number of alkyl halides is 3. The third-order valence-corrected chi connectivity index (χ3v) is 5.51. The third kappa shape index (κ3) is 4.98. The summed E-state index contributed by atoms with van der Waals surface area (Å²) >= 11 is 0. The fourth-order valence-corrected chi connectivity index (χ4v) is 3.83. The van der Waals surface area contributed by atoms with Crippen LogP contribution in [0.3, 0.4) is 0 Å². The van der Waals surface area contributed by atoms with Crippen molar-refractivity contribution in [1.29, 1.82) is 0 Å². The molecule has 170 valence electrons. The molecular formula is C23H23F3N2O4. The SMILES string of the molecule is O=C(N[C@H](CN1CCCC1=O)c1cccc(C(F)(F)F)c1)c1ccc2c(c1)OCCCO2. The van der Waals surface area contributed by atoms with Gasteiger partial charge in [0.15, 0.2) is 11.5 Å². The molecule has 0 aromatic heterocycles. The number of halogens is 3. The second kappa shape index (κ2) is 9.10. The molecule has 0 aliphatic carbocycles. The van der Waals surface area contributed by atoms with Crippen molar-refractivity contribution < 1.29 is 32.2 Å². The number of ether oxygens (including phenoxy) is 2. The maximum Gasteiger partial charge on any atom is 0.416 e. The molecule has 2 heterocycles. The van der Waals surface area contributed by atoms with Crippen LogP contribution in [0.25, 0.3) is 0 Å². The Morgan fingerprint density at radius 1 is 1.06 bits per heavy atom. The topological polar surface area (TPSA) is 67.9 Å². The molecule has 2 amide bonds. The summed E-state index contributed by atoms with van der Waals surface area (Å²) in [6.45, 7) is 1.58. The fourth-order valence-electron chi connectivity index (χ4n) is 3.83.